The van der Waals surface area contributed by atoms with Gasteiger partial charge in [-0.05, 0) is 24.0 Å². The van der Waals surface area contributed by atoms with E-state index in [0.29, 0.717) is 6.61 Å². The number of benzene rings is 1. The molecular weight excluding hydrogens is 230 g/mol. The number of hydrogen-bond donors (Lipinski definition) is 2. The lowest BCUT2D eigenvalue weighted by molar-refractivity contribution is -0.137. The zero-order valence-corrected chi connectivity index (χ0v) is 10.6. The average Bonchev–Trinajstić information content (AvgIpc) is 3.10. The van der Waals surface area contributed by atoms with E-state index in [9.17, 15) is 4.79 Å². The summed E-state index contributed by atoms with van der Waals surface area (Å²) in [5.74, 6) is -0.867. The Balaban J connectivity index is 2.28. The van der Waals surface area contributed by atoms with E-state index in [1.165, 1.54) is 0 Å². The van der Waals surface area contributed by atoms with Gasteiger partial charge in [0.05, 0.1) is 13.0 Å². The molecule has 0 aromatic heterocycles. The van der Waals surface area contributed by atoms with Crippen molar-refractivity contribution in [3.05, 3.63) is 35.4 Å². The molecule has 0 radical (unpaired) electrons. The predicted molar refractivity (Wildman–Crippen MR) is 68.4 cm³/mol. The first-order chi connectivity index (χ1) is 8.59. The van der Waals surface area contributed by atoms with Gasteiger partial charge in [0.15, 0.2) is 0 Å². The van der Waals surface area contributed by atoms with E-state index in [1.807, 2.05) is 24.3 Å². The molecule has 1 aliphatic carbocycles. The molecule has 1 aromatic rings. The van der Waals surface area contributed by atoms with Crippen molar-refractivity contribution < 1.29 is 14.6 Å². The molecule has 4 heteroatoms. The Bertz CT molecular complexity index is 440. The summed E-state index contributed by atoms with van der Waals surface area (Å²) in [6, 6.07) is 7.40. The van der Waals surface area contributed by atoms with Crippen molar-refractivity contribution in [3.8, 4) is 0 Å². The van der Waals surface area contributed by atoms with Crippen LogP contribution in [0.5, 0.6) is 0 Å². The first kappa shape index (κ1) is 13.1. The minimum absolute atomic E-state index is 0.0416. The van der Waals surface area contributed by atoms with E-state index in [0.717, 1.165) is 24.0 Å². The number of ether oxygens (including phenoxy) is 1. The Kier molecular flexibility index (Phi) is 3.68. The maximum atomic E-state index is 10.8. The van der Waals surface area contributed by atoms with E-state index < -0.39 is 12.0 Å². The Morgan fingerprint density at radius 2 is 2.17 bits per heavy atom. The van der Waals surface area contributed by atoms with Crippen LogP contribution in [0.3, 0.4) is 0 Å². The lowest BCUT2D eigenvalue weighted by Gasteiger charge is -2.21. The van der Waals surface area contributed by atoms with Crippen molar-refractivity contribution in [2.75, 3.05) is 13.7 Å². The molecule has 0 spiro atoms. The topological polar surface area (TPSA) is 72.5 Å². The van der Waals surface area contributed by atoms with Crippen molar-refractivity contribution in [2.45, 2.75) is 30.7 Å². The van der Waals surface area contributed by atoms with Crippen LogP contribution in [0.2, 0.25) is 0 Å². The van der Waals surface area contributed by atoms with Crippen LogP contribution in [0.25, 0.3) is 0 Å². The first-order valence-corrected chi connectivity index (χ1v) is 6.15. The molecule has 0 saturated heterocycles. The highest BCUT2D eigenvalue weighted by Gasteiger charge is 2.45. The van der Waals surface area contributed by atoms with Crippen molar-refractivity contribution >= 4 is 5.97 Å². The number of methoxy groups -OCH3 is 1. The molecule has 1 unspecified atom stereocenters. The van der Waals surface area contributed by atoms with Crippen LogP contribution < -0.4 is 5.73 Å². The number of aliphatic carboxylic acids is 1. The zero-order valence-electron chi connectivity index (χ0n) is 10.6. The number of carboxylic acid groups (broad SMARTS) is 1. The number of carboxylic acids is 1. The van der Waals surface area contributed by atoms with Crippen molar-refractivity contribution in [1.82, 2.24) is 0 Å². The second-order valence-corrected chi connectivity index (χ2v) is 5.00. The maximum Gasteiger partial charge on any atom is 0.305 e. The van der Waals surface area contributed by atoms with Crippen LogP contribution in [0.4, 0.5) is 0 Å². The molecule has 98 valence electrons. The predicted octanol–water partition coefficient (Wildman–Crippen LogP) is 1.84. The molecule has 1 fully saturated rings. The fourth-order valence-corrected chi connectivity index (χ4v) is 2.52. The third-order valence-corrected chi connectivity index (χ3v) is 3.60. The molecule has 0 aliphatic heterocycles. The van der Waals surface area contributed by atoms with Gasteiger partial charge in [0, 0.05) is 18.6 Å². The van der Waals surface area contributed by atoms with Crippen molar-refractivity contribution in [1.29, 1.82) is 0 Å². The molecule has 4 nitrogen and oxygen atoms in total. The first-order valence-electron chi connectivity index (χ1n) is 6.15. The van der Waals surface area contributed by atoms with Gasteiger partial charge in [0.1, 0.15) is 0 Å². The molecule has 1 aliphatic rings. The highest BCUT2D eigenvalue weighted by Crippen LogP contribution is 2.50. The van der Waals surface area contributed by atoms with E-state index in [1.54, 1.807) is 7.11 Å². The summed E-state index contributed by atoms with van der Waals surface area (Å²) in [6.45, 7) is 0.670. The molecule has 18 heavy (non-hydrogen) atoms. The molecule has 1 saturated carbocycles. The summed E-state index contributed by atoms with van der Waals surface area (Å²) in [6.07, 6.45) is 2.12. The Hall–Kier alpha value is -1.39. The highest BCUT2D eigenvalue weighted by atomic mass is 16.5. The van der Waals surface area contributed by atoms with E-state index >= 15 is 0 Å². The molecule has 3 N–H and O–H groups in total. The van der Waals surface area contributed by atoms with Gasteiger partial charge in [0.25, 0.3) is 0 Å². The Morgan fingerprint density at radius 1 is 1.50 bits per heavy atom. The summed E-state index contributed by atoms with van der Waals surface area (Å²) in [4.78, 5) is 10.8. The summed E-state index contributed by atoms with van der Waals surface area (Å²) in [5, 5.41) is 8.85. The summed E-state index contributed by atoms with van der Waals surface area (Å²) >= 11 is 0. The van der Waals surface area contributed by atoms with E-state index in [4.69, 9.17) is 15.6 Å². The summed E-state index contributed by atoms with van der Waals surface area (Å²) in [7, 11) is 1.69. The van der Waals surface area contributed by atoms with Crippen molar-refractivity contribution in [2.24, 2.45) is 5.73 Å². The molecule has 0 amide bonds. The van der Waals surface area contributed by atoms with E-state index in [2.05, 4.69) is 0 Å². The van der Waals surface area contributed by atoms with E-state index in [-0.39, 0.29) is 11.8 Å². The van der Waals surface area contributed by atoms with Gasteiger partial charge < -0.3 is 15.6 Å². The molecule has 0 bridgehead atoms. The second kappa shape index (κ2) is 5.08. The fourth-order valence-electron chi connectivity index (χ4n) is 2.52. The van der Waals surface area contributed by atoms with Crippen LogP contribution in [-0.4, -0.2) is 24.8 Å². The Labute approximate surface area is 107 Å². The third-order valence-electron chi connectivity index (χ3n) is 3.60. The largest absolute Gasteiger partial charge is 0.481 e. The van der Waals surface area contributed by atoms with Gasteiger partial charge in [-0.15, -0.1) is 0 Å². The number of nitrogens with two attached hydrogens (primary N) is 1. The van der Waals surface area contributed by atoms with Gasteiger partial charge in [-0.25, -0.2) is 0 Å². The van der Waals surface area contributed by atoms with Crippen LogP contribution in [0.1, 0.15) is 36.4 Å². The summed E-state index contributed by atoms with van der Waals surface area (Å²) < 4.78 is 5.28. The van der Waals surface area contributed by atoms with Crippen LogP contribution in [-0.2, 0) is 14.9 Å². The number of hydrogen-bond acceptors (Lipinski definition) is 3. The lowest BCUT2D eigenvalue weighted by Crippen LogP contribution is -2.22. The quantitative estimate of drug-likeness (QED) is 0.807. The standard InChI is InChI=1S/C14H19NO3/c1-18-9-14(6-7-14)11-5-3-2-4-10(11)12(15)8-13(16)17/h2-5,12H,6-9,15H2,1H3,(H,16,17). The monoisotopic (exact) mass is 249 g/mol. The van der Waals surface area contributed by atoms with Gasteiger partial charge in [-0.3, -0.25) is 4.79 Å². The van der Waals surface area contributed by atoms with Gasteiger partial charge in [0.2, 0.25) is 0 Å². The molecule has 1 aromatic carbocycles. The van der Waals surface area contributed by atoms with Gasteiger partial charge >= 0.3 is 5.97 Å². The van der Waals surface area contributed by atoms with Crippen LogP contribution in [0, 0.1) is 0 Å². The molecule has 0 heterocycles. The van der Waals surface area contributed by atoms with Crippen LogP contribution >= 0.6 is 0 Å². The number of rotatable bonds is 6. The van der Waals surface area contributed by atoms with Crippen molar-refractivity contribution in [3.63, 3.8) is 0 Å². The second-order valence-electron chi connectivity index (χ2n) is 5.00. The normalized spacial score (nSPS) is 18.3. The third kappa shape index (κ3) is 2.54. The zero-order chi connectivity index (χ0) is 13.2. The fraction of sp³-hybridized carbons (Fsp3) is 0.500. The molecule has 2 rings (SSSR count). The molecular formula is C14H19NO3. The molecule has 1 atom stereocenters. The summed E-state index contributed by atoms with van der Waals surface area (Å²) in [5.41, 5.74) is 8.15. The lowest BCUT2D eigenvalue weighted by atomic mass is 9.88. The minimum Gasteiger partial charge on any atom is -0.481 e. The number of carbonyl (C=O) groups is 1. The smallest absolute Gasteiger partial charge is 0.305 e. The van der Waals surface area contributed by atoms with Gasteiger partial charge in [-0.2, -0.15) is 0 Å². The minimum atomic E-state index is -0.867. The highest BCUT2D eigenvalue weighted by molar-refractivity contribution is 5.68. The maximum absolute atomic E-state index is 10.8. The van der Waals surface area contributed by atoms with Crippen LogP contribution in [0.15, 0.2) is 24.3 Å². The Morgan fingerprint density at radius 3 is 2.72 bits per heavy atom. The average molecular weight is 249 g/mol. The van der Waals surface area contributed by atoms with Gasteiger partial charge in [-0.1, -0.05) is 24.3 Å². The SMILES string of the molecule is COCC1(c2ccccc2C(N)CC(=O)O)CC1.